The highest BCUT2D eigenvalue weighted by Gasteiger charge is 2.45. The van der Waals surface area contributed by atoms with Gasteiger partial charge in [-0.3, -0.25) is 0 Å². The first-order valence-electron chi connectivity index (χ1n) is 7.50. The van der Waals surface area contributed by atoms with Crippen LogP contribution in [0.4, 0.5) is 5.69 Å². The van der Waals surface area contributed by atoms with Crippen molar-refractivity contribution in [3.05, 3.63) is 27.7 Å². The van der Waals surface area contributed by atoms with Crippen LogP contribution in [0.3, 0.4) is 0 Å². The molecule has 0 radical (unpaired) electrons. The number of benzene rings is 1. The summed E-state index contributed by atoms with van der Waals surface area (Å²) in [7, 11) is 0. The second kappa shape index (κ2) is 5.51. The van der Waals surface area contributed by atoms with Crippen molar-refractivity contribution >= 4 is 33.2 Å². The van der Waals surface area contributed by atoms with Gasteiger partial charge < -0.3 is 10.2 Å². The Kier molecular flexibility index (Phi) is 4.04. The zero-order valence-corrected chi connectivity index (χ0v) is 14.5. The number of hydrogen-bond donors (Lipinski definition) is 1. The van der Waals surface area contributed by atoms with Gasteiger partial charge in [0.25, 0.3) is 0 Å². The van der Waals surface area contributed by atoms with Crippen LogP contribution >= 0.6 is 27.5 Å². The minimum Gasteiger partial charge on any atom is -0.365 e. The van der Waals surface area contributed by atoms with E-state index in [0.29, 0.717) is 6.04 Å². The predicted octanol–water partition coefficient (Wildman–Crippen LogP) is 4.46. The largest absolute Gasteiger partial charge is 0.365 e. The maximum Gasteiger partial charge on any atom is 0.0568 e. The molecule has 3 rings (SSSR count). The maximum atomic E-state index is 6.28. The number of piperazine rings is 1. The van der Waals surface area contributed by atoms with Gasteiger partial charge in [-0.1, -0.05) is 18.5 Å². The highest BCUT2D eigenvalue weighted by molar-refractivity contribution is 9.10. The third-order valence-electron chi connectivity index (χ3n) is 4.87. The molecule has 20 heavy (non-hydrogen) atoms. The van der Waals surface area contributed by atoms with Gasteiger partial charge in [0.1, 0.15) is 0 Å². The summed E-state index contributed by atoms with van der Waals surface area (Å²) < 4.78 is 0.969. The van der Waals surface area contributed by atoms with Crippen LogP contribution in [0, 0.1) is 5.92 Å². The molecule has 2 fully saturated rings. The van der Waals surface area contributed by atoms with Crippen molar-refractivity contribution in [2.45, 2.75) is 44.7 Å². The van der Waals surface area contributed by atoms with Gasteiger partial charge in [0.05, 0.1) is 5.02 Å². The molecule has 1 N–H and O–H groups in total. The van der Waals surface area contributed by atoms with Crippen LogP contribution in [0.5, 0.6) is 0 Å². The van der Waals surface area contributed by atoms with Gasteiger partial charge in [-0.15, -0.1) is 0 Å². The van der Waals surface area contributed by atoms with E-state index in [2.05, 4.69) is 58.2 Å². The lowest BCUT2D eigenvalue weighted by Crippen LogP contribution is -2.64. The molecule has 1 aromatic rings. The van der Waals surface area contributed by atoms with E-state index in [1.165, 1.54) is 18.5 Å². The fraction of sp³-hybridized carbons (Fsp3) is 0.625. The predicted molar refractivity (Wildman–Crippen MR) is 89.7 cm³/mol. The molecule has 1 saturated carbocycles. The first-order valence-corrected chi connectivity index (χ1v) is 8.67. The Hall–Kier alpha value is -0.250. The highest BCUT2D eigenvalue weighted by Crippen LogP contribution is 2.42. The summed E-state index contributed by atoms with van der Waals surface area (Å²) in [5.74, 6) is 0.841. The number of nitrogens with one attached hydrogen (secondary N) is 1. The number of anilines is 1. The third-order valence-corrected chi connectivity index (χ3v) is 6.10. The summed E-state index contributed by atoms with van der Waals surface area (Å²) in [5.41, 5.74) is 1.50. The van der Waals surface area contributed by atoms with E-state index in [1.54, 1.807) is 0 Å². The molecular formula is C16H22BrClN2. The highest BCUT2D eigenvalue weighted by atomic mass is 79.9. The van der Waals surface area contributed by atoms with E-state index in [0.717, 1.165) is 34.9 Å². The smallest absolute Gasteiger partial charge is 0.0568 e. The summed E-state index contributed by atoms with van der Waals surface area (Å²) in [6, 6.07) is 6.88. The molecule has 2 aliphatic rings. The third kappa shape index (κ3) is 2.72. The Labute approximate surface area is 135 Å². The minimum atomic E-state index is 0.255. The average molecular weight is 358 g/mol. The van der Waals surface area contributed by atoms with Gasteiger partial charge in [0.2, 0.25) is 0 Å². The molecule has 1 saturated heterocycles. The number of hydrogen-bond acceptors (Lipinski definition) is 2. The molecule has 0 amide bonds. The first kappa shape index (κ1) is 14.7. The standard InChI is InChI=1S/C16H22BrClN2/c1-3-12-9-19-16(2,11-4-5-11)10-20(12)13-6-7-14(17)15(18)8-13/h6-8,11-12,19H,3-5,9-10H2,1-2H3. The van der Waals surface area contributed by atoms with Crippen LogP contribution in [0.15, 0.2) is 22.7 Å². The average Bonchev–Trinajstić information content (AvgIpc) is 3.27. The molecule has 0 spiro atoms. The van der Waals surface area contributed by atoms with Crippen molar-refractivity contribution in [2.75, 3.05) is 18.0 Å². The van der Waals surface area contributed by atoms with Crippen molar-refractivity contribution in [2.24, 2.45) is 5.92 Å². The van der Waals surface area contributed by atoms with E-state index in [1.807, 2.05) is 0 Å². The van der Waals surface area contributed by atoms with Gasteiger partial charge in [0.15, 0.2) is 0 Å². The van der Waals surface area contributed by atoms with Crippen LogP contribution in [0.25, 0.3) is 0 Å². The molecule has 1 aromatic carbocycles. The molecule has 0 bridgehead atoms. The minimum absolute atomic E-state index is 0.255. The summed E-state index contributed by atoms with van der Waals surface area (Å²) in [6.07, 6.45) is 3.89. The molecule has 1 heterocycles. The Balaban J connectivity index is 1.88. The molecule has 110 valence electrons. The van der Waals surface area contributed by atoms with Crippen molar-refractivity contribution in [1.82, 2.24) is 5.32 Å². The summed E-state index contributed by atoms with van der Waals surface area (Å²) in [5, 5.41) is 4.60. The summed E-state index contributed by atoms with van der Waals surface area (Å²) in [6.45, 7) is 6.79. The fourth-order valence-corrected chi connectivity index (χ4v) is 3.75. The SMILES string of the molecule is CCC1CNC(C)(C2CC2)CN1c1ccc(Br)c(Cl)c1. The molecule has 2 atom stereocenters. The fourth-order valence-electron chi connectivity index (χ4n) is 3.32. The van der Waals surface area contributed by atoms with E-state index in [9.17, 15) is 0 Å². The van der Waals surface area contributed by atoms with Crippen LogP contribution in [0.1, 0.15) is 33.1 Å². The van der Waals surface area contributed by atoms with Gasteiger partial charge >= 0.3 is 0 Å². The lowest BCUT2D eigenvalue weighted by molar-refractivity contribution is 0.252. The second-order valence-corrected chi connectivity index (χ2v) is 7.62. The second-order valence-electron chi connectivity index (χ2n) is 6.36. The van der Waals surface area contributed by atoms with Crippen LogP contribution in [-0.4, -0.2) is 24.7 Å². The zero-order chi connectivity index (χ0) is 14.3. The lowest BCUT2D eigenvalue weighted by atomic mass is 9.90. The molecule has 1 aliphatic carbocycles. The van der Waals surface area contributed by atoms with Crippen molar-refractivity contribution < 1.29 is 0 Å². The van der Waals surface area contributed by atoms with Gasteiger partial charge in [-0.05, 0) is 66.2 Å². The van der Waals surface area contributed by atoms with Crippen LogP contribution < -0.4 is 10.2 Å². The molecule has 2 unspecified atom stereocenters. The molecular weight excluding hydrogens is 336 g/mol. The molecule has 2 nitrogen and oxygen atoms in total. The van der Waals surface area contributed by atoms with Crippen molar-refractivity contribution in [3.8, 4) is 0 Å². The lowest BCUT2D eigenvalue weighted by Gasteiger charge is -2.48. The Morgan fingerprint density at radius 1 is 1.45 bits per heavy atom. The quantitative estimate of drug-likeness (QED) is 0.859. The number of nitrogens with zero attached hydrogens (tertiary/aromatic N) is 1. The first-order chi connectivity index (χ1) is 9.53. The molecule has 4 heteroatoms. The molecule has 1 aliphatic heterocycles. The van der Waals surface area contributed by atoms with E-state index < -0.39 is 0 Å². The summed E-state index contributed by atoms with van der Waals surface area (Å²) >= 11 is 9.76. The van der Waals surface area contributed by atoms with Gasteiger partial charge in [-0.25, -0.2) is 0 Å². The number of halogens is 2. The van der Waals surface area contributed by atoms with Crippen LogP contribution in [0.2, 0.25) is 5.02 Å². The molecule has 0 aromatic heterocycles. The van der Waals surface area contributed by atoms with Gasteiger partial charge in [0, 0.05) is 34.8 Å². The zero-order valence-electron chi connectivity index (χ0n) is 12.1. The normalized spacial score (nSPS) is 30.6. The Morgan fingerprint density at radius 2 is 2.20 bits per heavy atom. The van der Waals surface area contributed by atoms with Crippen molar-refractivity contribution in [3.63, 3.8) is 0 Å². The Bertz CT molecular complexity index is 503. The van der Waals surface area contributed by atoms with E-state index >= 15 is 0 Å². The van der Waals surface area contributed by atoms with E-state index in [4.69, 9.17) is 11.6 Å². The maximum absolute atomic E-state index is 6.28. The van der Waals surface area contributed by atoms with Gasteiger partial charge in [-0.2, -0.15) is 0 Å². The topological polar surface area (TPSA) is 15.3 Å². The number of rotatable bonds is 3. The Morgan fingerprint density at radius 3 is 2.80 bits per heavy atom. The van der Waals surface area contributed by atoms with Crippen LogP contribution in [-0.2, 0) is 0 Å². The monoisotopic (exact) mass is 356 g/mol. The summed E-state index contributed by atoms with van der Waals surface area (Å²) in [4.78, 5) is 2.55. The van der Waals surface area contributed by atoms with Crippen molar-refractivity contribution in [1.29, 1.82) is 0 Å². The van der Waals surface area contributed by atoms with E-state index in [-0.39, 0.29) is 5.54 Å².